The van der Waals surface area contributed by atoms with Crippen molar-refractivity contribution >= 4 is 11.6 Å². The topological polar surface area (TPSA) is 64.3 Å². The molecule has 0 saturated heterocycles. The van der Waals surface area contributed by atoms with Crippen LogP contribution in [0.3, 0.4) is 0 Å². The molecule has 0 atom stereocenters. The van der Waals surface area contributed by atoms with Gasteiger partial charge in [0.05, 0.1) is 6.61 Å². The molecule has 0 saturated carbocycles. The first-order chi connectivity index (χ1) is 7.74. The highest BCUT2D eigenvalue weighted by atomic mass is 16.5. The first kappa shape index (κ1) is 12.5. The summed E-state index contributed by atoms with van der Waals surface area (Å²) < 4.78 is 5.09. The highest BCUT2D eigenvalue weighted by Crippen LogP contribution is 2.09. The van der Waals surface area contributed by atoms with Crippen LogP contribution in [0.1, 0.15) is 18.9 Å². The minimum atomic E-state index is -0.0169. The van der Waals surface area contributed by atoms with Gasteiger partial charge >= 0.3 is 0 Å². The molecule has 0 aliphatic carbocycles. The first-order valence-corrected chi connectivity index (χ1v) is 5.42. The van der Waals surface area contributed by atoms with Gasteiger partial charge in [-0.3, -0.25) is 4.79 Å². The van der Waals surface area contributed by atoms with Crippen LogP contribution in [-0.2, 0) is 16.1 Å². The van der Waals surface area contributed by atoms with Crippen molar-refractivity contribution in [2.45, 2.75) is 19.9 Å². The van der Waals surface area contributed by atoms with E-state index in [2.05, 4.69) is 5.32 Å². The molecule has 16 heavy (non-hydrogen) atoms. The normalized spacial score (nSPS) is 10.1. The van der Waals surface area contributed by atoms with Gasteiger partial charge in [0.2, 0.25) is 5.91 Å². The highest BCUT2D eigenvalue weighted by Gasteiger charge is 2.02. The molecule has 4 nitrogen and oxygen atoms in total. The minimum absolute atomic E-state index is 0.0169. The molecule has 0 aliphatic rings. The molecular weight excluding hydrogens is 204 g/mol. The molecule has 0 radical (unpaired) electrons. The van der Waals surface area contributed by atoms with Gasteiger partial charge in [0.25, 0.3) is 0 Å². The van der Waals surface area contributed by atoms with Gasteiger partial charge in [-0.25, -0.2) is 0 Å². The summed E-state index contributed by atoms with van der Waals surface area (Å²) in [5, 5.41) is 2.80. The first-order valence-electron chi connectivity index (χ1n) is 5.42. The van der Waals surface area contributed by atoms with Crippen molar-refractivity contribution in [3.63, 3.8) is 0 Å². The standard InChI is InChI=1S/C12H18N2O2/c1-2-16-8-7-12(15)14-9-10-5-3-4-6-11(10)13/h3-6H,2,7-9,13H2,1H3,(H,14,15). The van der Waals surface area contributed by atoms with Crippen LogP contribution in [0.2, 0.25) is 0 Å². The van der Waals surface area contributed by atoms with E-state index in [1.54, 1.807) is 0 Å². The van der Waals surface area contributed by atoms with Crippen molar-refractivity contribution in [2.24, 2.45) is 0 Å². The molecule has 3 N–H and O–H groups in total. The van der Waals surface area contributed by atoms with Crippen molar-refractivity contribution in [1.29, 1.82) is 0 Å². The van der Waals surface area contributed by atoms with E-state index in [9.17, 15) is 4.79 Å². The number of carbonyl (C=O) groups excluding carboxylic acids is 1. The molecule has 0 bridgehead atoms. The lowest BCUT2D eigenvalue weighted by molar-refractivity contribution is -0.122. The maximum absolute atomic E-state index is 11.4. The Bertz CT molecular complexity index is 340. The second-order valence-corrected chi connectivity index (χ2v) is 3.42. The number of nitrogens with one attached hydrogen (secondary N) is 1. The van der Waals surface area contributed by atoms with Gasteiger partial charge in [-0.05, 0) is 18.6 Å². The van der Waals surface area contributed by atoms with Crippen molar-refractivity contribution in [1.82, 2.24) is 5.32 Å². The van der Waals surface area contributed by atoms with Gasteiger partial charge < -0.3 is 15.8 Å². The Balaban J connectivity index is 2.29. The van der Waals surface area contributed by atoms with Crippen molar-refractivity contribution in [3.05, 3.63) is 29.8 Å². The van der Waals surface area contributed by atoms with E-state index in [1.807, 2.05) is 31.2 Å². The number of hydrogen-bond donors (Lipinski definition) is 2. The number of benzene rings is 1. The minimum Gasteiger partial charge on any atom is -0.398 e. The van der Waals surface area contributed by atoms with Crippen LogP contribution in [0, 0.1) is 0 Å². The number of para-hydroxylation sites is 1. The lowest BCUT2D eigenvalue weighted by atomic mass is 10.2. The quantitative estimate of drug-likeness (QED) is 0.563. The molecule has 0 fully saturated rings. The van der Waals surface area contributed by atoms with E-state index in [1.165, 1.54) is 0 Å². The lowest BCUT2D eigenvalue weighted by Gasteiger charge is -2.07. The second-order valence-electron chi connectivity index (χ2n) is 3.42. The Morgan fingerprint density at radius 2 is 2.19 bits per heavy atom. The Kier molecular flexibility index (Phi) is 5.36. The maximum atomic E-state index is 11.4. The Labute approximate surface area is 95.8 Å². The van der Waals surface area contributed by atoms with Crippen molar-refractivity contribution < 1.29 is 9.53 Å². The summed E-state index contributed by atoms with van der Waals surface area (Å²) >= 11 is 0. The predicted octanol–water partition coefficient (Wildman–Crippen LogP) is 1.31. The SMILES string of the molecule is CCOCCC(=O)NCc1ccccc1N. The molecule has 1 aromatic carbocycles. The summed E-state index contributed by atoms with van der Waals surface area (Å²) in [5.74, 6) is -0.0169. The van der Waals surface area contributed by atoms with Gasteiger partial charge in [-0.15, -0.1) is 0 Å². The average Bonchev–Trinajstić information content (AvgIpc) is 2.28. The van der Waals surface area contributed by atoms with Crippen LogP contribution in [0.4, 0.5) is 5.69 Å². The van der Waals surface area contributed by atoms with Gasteiger partial charge in [-0.1, -0.05) is 18.2 Å². The largest absolute Gasteiger partial charge is 0.398 e. The molecule has 0 aromatic heterocycles. The van der Waals surface area contributed by atoms with Crippen LogP contribution in [0.5, 0.6) is 0 Å². The second kappa shape index (κ2) is 6.85. The monoisotopic (exact) mass is 222 g/mol. The third-order valence-electron chi connectivity index (χ3n) is 2.21. The zero-order chi connectivity index (χ0) is 11.8. The molecule has 4 heteroatoms. The number of ether oxygens (including phenoxy) is 1. The summed E-state index contributed by atoms with van der Waals surface area (Å²) in [6, 6.07) is 7.49. The Morgan fingerprint density at radius 3 is 2.88 bits per heavy atom. The smallest absolute Gasteiger partial charge is 0.222 e. The molecule has 0 aliphatic heterocycles. The van der Waals surface area contributed by atoms with Gasteiger partial charge in [0.1, 0.15) is 0 Å². The number of rotatable bonds is 6. The number of nitrogen functional groups attached to an aromatic ring is 1. The summed E-state index contributed by atoms with van der Waals surface area (Å²) in [7, 11) is 0. The third-order valence-corrected chi connectivity index (χ3v) is 2.21. The van der Waals surface area contributed by atoms with Gasteiger partial charge in [0, 0.05) is 25.3 Å². The van der Waals surface area contributed by atoms with Crippen LogP contribution < -0.4 is 11.1 Å². The van der Waals surface area contributed by atoms with Crippen LogP contribution in [-0.4, -0.2) is 19.1 Å². The zero-order valence-corrected chi connectivity index (χ0v) is 9.53. The third kappa shape index (κ3) is 4.31. The van der Waals surface area contributed by atoms with Crippen LogP contribution in [0.15, 0.2) is 24.3 Å². The fourth-order valence-electron chi connectivity index (χ4n) is 1.29. The number of anilines is 1. The number of carbonyl (C=O) groups is 1. The van der Waals surface area contributed by atoms with Crippen molar-refractivity contribution in [3.8, 4) is 0 Å². The highest BCUT2D eigenvalue weighted by molar-refractivity contribution is 5.76. The predicted molar refractivity (Wildman–Crippen MR) is 63.8 cm³/mol. The van der Waals surface area contributed by atoms with Crippen LogP contribution >= 0.6 is 0 Å². The molecule has 0 unspecified atom stereocenters. The number of nitrogens with two attached hydrogens (primary N) is 1. The molecule has 1 amide bonds. The van der Waals surface area contributed by atoms with Crippen LogP contribution in [0.25, 0.3) is 0 Å². The van der Waals surface area contributed by atoms with E-state index in [0.29, 0.717) is 31.9 Å². The van der Waals surface area contributed by atoms with Gasteiger partial charge in [0.15, 0.2) is 0 Å². The Hall–Kier alpha value is -1.55. The van der Waals surface area contributed by atoms with E-state index < -0.39 is 0 Å². The molecular formula is C12H18N2O2. The molecule has 1 rings (SSSR count). The summed E-state index contributed by atoms with van der Waals surface area (Å²) in [6.07, 6.45) is 0.389. The summed E-state index contributed by atoms with van der Waals surface area (Å²) in [6.45, 7) is 3.48. The zero-order valence-electron chi connectivity index (χ0n) is 9.53. The maximum Gasteiger partial charge on any atom is 0.222 e. The summed E-state index contributed by atoms with van der Waals surface area (Å²) in [5.41, 5.74) is 7.39. The Morgan fingerprint density at radius 1 is 1.44 bits per heavy atom. The average molecular weight is 222 g/mol. The fraction of sp³-hybridized carbons (Fsp3) is 0.417. The van der Waals surface area contributed by atoms with E-state index in [0.717, 1.165) is 5.56 Å². The van der Waals surface area contributed by atoms with E-state index in [4.69, 9.17) is 10.5 Å². The molecule has 0 heterocycles. The number of amides is 1. The van der Waals surface area contributed by atoms with Crippen molar-refractivity contribution in [2.75, 3.05) is 18.9 Å². The van der Waals surface area contributed by atoms with E-state index in [-0.39, 0.29) is 5.91 Å². The van der Waals surface area contributed by atoms with Gasteiger partial charge in [-0.2, -0.15) is 0 Å². The molecule has 88 valence electrons. The fourth-order valence-corrected chi connectivity index (χ4v) is 1.29. The summed E-state index contributed by atoms with van der Waals surface area (Å²) in [4.78, 5) is 11.4. The number of hydrogen-bond acceptors (Lipinski definition) is 3. The molecule has 1 aromatic rings. The molecule has 0 spiro atoms. The lowest BCUT2D eigenvalue weighted by Crippen LogP contribution is -2.24. The van der Waals surface area contributed by atoms with E-state index >= 15 is 0 Å².